The maximum Gasteiger partial charge on any atom is 0.0651 e. The Hall–Kier alpha value is 0.250. The van der Waals surface area contributed by atoms with Crippen molar-refractivity contribution in [3.8, 4) is 0 Å². The molecular weight excluding hydrogens is 172 g/mol. The van der Waals surface area contributed by atoms with E-state index in [0.29, 0.717) is 0 Å². The lowest BCUT2D eigenvalue weighted by molar-refractivity contribution is -0.0777. The molecule has 0 bridgehead atoms. The van der Waals surface area contributed by atoms with Crippen molar-refractivity contribution in [2.75, 3.05) is 0 Å². The molecule has 3 unspecified atom stereocenters. The highest BCUT2D eigenvalue weighted by Gasteiger charge is 2.47. The van der Waals surface area contributed by atoms with Gasteiger partial charge in [-0.2, -0.15) is 0 Å². The van der Waals surface area contributed by atoms with Gasteiger partial charge in [0.1, 0.15) is 0 Å². The lowest BCUT2D eigenvalue weighted by Gasteiger charge is -2.49. The van der Waals surface area contributed by atoms with Crippen LogP contribution in [0.15, 0.2) is 0 Å². The van der Waals surface area contributed by atoms with E-state index in [1.807, 2.05) is 6.92 Å². The van der Waals surface area contributed by atoms with Crippen LogP contribution in [-0.4, -0.2) is 16.1 Å². The third-order valence-electron chi connectivity index (χ3n) is 3.76. The normalized spacial score (nSPS) is 47.5. The summed E-state index contributed by atoms with van der Waals surface area (Å²) in [7, 11) is 0. The minimum Gasteiger partial charge on any atom is -0.390 e. The van der Waals surface area contributed by atoms with E-state index in [9.17, 15) is 5.11 Å². The van der Waals surface area contributed by atoms with Crippen LogP contribution in [0.3, 0.4) is 0 Å². The van der Waals surface area contributed by atoms with Crippen LogP contribution < -0.4 is 0 Å². The monoisotopic (exact) mass is 190 g/mol. The fraction of sp³-hybridized carbons (Fsp3) is 1.00. The van der Waals surface area contributed by atoms with Crippen molar-refractivity contribution in [1.82, 2.24) is 0 Å². The molecule has 1 nitrogen and oxygen atoms in total. The molecule has 0 aliphatic heterocycles. The first-order valence-corrected chi connectivity index (χ1v) is 5.08. The van der Waals surface area contributed by atoms with Crippen LogP contribution in [0.5, 0.6) is 0 Å². The van der Waals surface area contributed by atoms with Gasteiger partial charge in [-0.1, -0.05) is 20.8 Å². The summed E-state index contributed by atoms with van der Waals surface area (Å²) in [4.78, 5) is 0. The second kappa shape index (κ2) is 2.88. The Morgan fingerprint density at radius 1 is 1.33 bits per heavy atom. The lowest BCUT2D eigenvalue weighted by atomic mass is 9.62. The van der Waals surface area contributed by atoms with Gasteiger partial charge in [-0.3, -0.25) is 0 Å². The molecule has 1 aliphatic rings. The predicted octanol–water partition coefficient (Wildman–Crippen LogP) is 2.80. The maximum atomic E-state index is 10.0. The van der Waals surface area contributed by atoms with Crippen LogP contribution in [0.25, 0.3) is 0 Å². The van der Waals surface area contributed by atoms with Gasteiger partial charge in [-0.25, -0.2) is 0 Å². The van der Waals surface area contributed by atoms with E-state index in [2.05, 4.69) is 20.8 Å². The Labute approximate surface area is 80.1 Å². The molecule has 72 valence electrons. The first-order valence-electron chi connectivity index (χ1n) is 4.65. The molecule has 12 heavy (non-hydrogen) atoms. The zero-order chi connectivity index (χ0) is 9.57. The summed E-state index contributed by atoms with van der Waals surface area (Å²) in [6.07, 6.45) is 1.75. The zero-order valence-corrected chi connectivity index (χ0v) is 9.15. The minimum absolute atomic E-state index is 0.0449. The van der Waals surface area contributed by atoms with Crippen molar-refractivity contribution in [2.45, 2.75) is 51.5 Å². The average molecular weight is 191 g/mol. The molecule has 0 amide bonds. The number of aliphatic hydroxyl groups is 1. The molecule has 0 aromatic carbocycles. The Bertz CT molecular complexity index is 175. The molecule has 1 N–H and O–H groups in total. The largest absolute Gasteiger partial charge is 0.390 e. The van der Waals surface area contributed by atoms with Crippen LogP contribution in [0, 0.1) is 11.3 Å². The molecule has 1 saturated carbocycles. The number of rotatable bonds is 0. The quantitative estimate of drug-likeness (QED) is 0.583. The number of hydrogen-bond donors (Lipinski definition) is 1. The molecule has 0 spiro atoms. The van der Waals surface area contributed by atoms with Crippen LogP contribution in [-0.2, 0) is 0 Å². The van der Waals surface area contributed by atoms with E-state index >= 15 is 0 Å². The molecule has 1 rings (SSSR count). The SMILES string of the molecule is CC1C(C)(O)CCC(Cl)C1(C)C. The van der Waals surface area contributed by atoms with Gasteiger partial charge in [0.25, 0.3) is 0 Å². The summed E-state index contributed by atoms with van der Waals surface area (Å²) in [6, 6.07) is 0. The molecule has 1 fully saturated rings. The minimum atomic E-state index is -0.533. The molecule has 1 aliphatic carbocycles. The van der Waals surface area contributed by atoms with Gasteiger partial charge in [-0.15, -0.1) is 11.6 Å². The van der Waals surface area contributed by atoms with Crippen molar-refractivity contribution < 1.29 is 5.11 Å². The van der Waals surface area contributed by atoms with Gasteiger partial charge < -0.3 is 5.11 Å². The van der Waals surface area contributed by atoms with Crippen molar-refractivity contribution in [1.29, 1.82) is 0 Å². The van der Waals surface area contributed by atoms with Crippen molar-refractivity contribution in [3.63, 3.8) is 0 Å². The third kappa shape index (κ3) is 1.49. The molecule has 0 aromatic heterocycles. The van der Waals surface area contributed by atoms with E-state index in [0.717, 1.165) is 12.8 Å². The average Bonchev–Trinajstić information content (AvgIpc) is 1.96. The smallest absolute Gasteiger partial charge is 0.0651 e. The topological polar surface area (TPSA) is 20.2 Å². The van der Waals surface area contributed by atoms with Gasteiger partial charge in [0, 0.05) is 5.38 Å². The van der Waals surface area contributed by atoms with Crippen LogP contribution in [0.1, 0.15) is 40.5 Å². The van der Waals surface area contributed by atoms with Crippen LogP contribution in [0.2, 0.25) is 0 Å². The van der Waals surface area contributed by atoms with E-state index < -0.39 is 5.60 Å². The third-order valence-corrected chi connectivity index (χ3v) is 4.54. The highest BCUT2D eigenvalue weighted by Crippen LogP contribution is 2.48. The second-order valence-corrected chi connectivity index (χ2v) is 5.43. The molecule has 2 heteroatoms. The summed E-state index contributed by atoms with van der Waals surface area (Å²) in [5.74, 6) is 0.265. The Balaban J connectivity index is 2.86. The number of alkyl halides is 1. The standard InChI is InChI=1S/C10H19ClO/c1-7-9(2,3)8(11)5-6-10(7,4)12/h7-8,12H,5-6H2,1-4H3. The number of halogens is 1. The summed E-state index contributed by atoms with van der Waals surface area (Å²) < 4.78 is 0. The summed E-state index contributed by atoms with van der Waals surface area (Å²) in [5, 5.41) is 10.2. The molecule has 0 saturated heterocycles. The van der Waals surface area contributed by atoms with Crippen molar-refractivity contribution in [3.05, 3.63) is 0 Å². The zero-order valence-electron chi connectivity index (χ0n) is 8.39. The molecule has 0 aromatic rings. The van der Waals surface area contributed by atoms with Gasteiger partial charge in [0.2, 0.25) is 0 Å². The fourth-order valence-corrected chi connectivity index (χ4v) is 2.38. The van der Waals surface area contributed by atoms with E-state index in [-0.39, 0.29) is 16.7 Å². The van der Waals surface area contributed by atoms with Gasteiger partial charge in [-0.05, 0) is 31.1 Å². The fourth-order valence-electron chi connectivity index (χ4n) is 2.08. The van der Waals surface area contributed by atoms with E-state index in [1.54, 1.807) is 0 Å². The first-order chi connectivity index (χ1) is 5.28. The maximum absolute atomic E-state index is 10.0. The molecule has 0 heterocycles. The molecule has 3 atom stereocenters. The summed E-state index contributed by atoms with van der Waals surface area (Å²) in [6.45, 7) is 8.29. The van der Waals surface area contributed by atoms with Gasteiger partial charge in [0.15, 0.2) is 0 Å². The Kier molecular flexibility index (Phi) is 2.48. The number of hydrogen-bond acceptors (Lipinski definition) is 1. The van der Waals surface area contributed by atoms with E-state index in [4.69, 9.17) is 11.6 Å². The highest BCUT2D eigenvalue weighted by atomic mass is 35.5. The molecular formula is C10H19ClO. The highest BCUT2D eigenvalue weighted by molar-refractivity contribution is 6.21. The van der Waals surface area contributed by atoms with Crippen molar-refractivity contribution in [2.24, 2.45) is 11.3 Å². The Morgan fingerprint density at radius 2 is 1.83 bits per heavy atom. The summed E-state index contributed by atoms with van der Waals surface area (Å²) >= 11 is 6.22. The Morgan fingerprint density at radius 3 is 2.25 bits per heavy atom. The van der Waals surface area contributed by atoms with Gasteiger partial charge >= 0.3 is 0 Å². The molecule has 0 radical (unpaired) electrons. The van der Waals surface area contributed by atoms with Crippen LogP contribution >= 0.6 is 11.6 Å². The first kappa shape index (κ1) is 10.3. The van der Waals surface area contributed by atoms with Crippen molar-refractivity contribution >= 4 is 11.6 Å². The van der Waals surface area contributed by atoms with Gasteiger partial charge in [0.05, 0.1) is 5.60 Å². The van der Waals surface area contributed by atoms with Crippen LogP contribution in [0.4, 0.5) is 0 Å². The second-order valence-electron chi connectivity index (χ2n) is 4.91. The summed E-state index contributed by atoms with van der Waals surface area (Å²) in [5.41, 5.74) is -0.488. The predicted molar refractivity (Wildman–Crippen MR) is 52.4 cm³/mol. The lowest BCUT2D eigenvalue weighted by Crippen LogP contribution is -2.50. The van der Waals surface area contributed by atoms with E-state index in [1.165, 1.54) is 0 Å².